The highest BCUT2D eigenvalue weighted by Crippen LogP contribution is 2.26. The van der Waals surface area contributed by atoms with E-state index in [0.717, 1.165) is 37.3 Å². The Bertz CT molecular complexity index is 671. The van der Waals surface area contributed by atoms with Crippen LogP contribution in [0.4, 0.5) is 11.4 Å². The zero-order valence-corrected chi connectivity index (χ0v) is 14.2. The number of amides is 2. The highest BCUT2D eigenvalue weighted by molar-refractivity contribution is 6.01. The maximum atomic E-state index is 13.0. The summed E-state index contributed by atoms with van der Waals surface area (Å²) in [5.41, 5.74) is 7.09. The second-order valence-corrected chi connectivity index (χ2v) is 6.35. The van der Waals surface area contributed by atoms with Gasteiger partial charge in [0.2, 0.25) is 11.8 Å². The summed E-state index contributed by atoms with van der Waals surface area (Å²) >= 11 is 0. The van der Waals surface area contributed by atoms with Crippen molar-refractivity contribution in [3.63, 3.8) is 0 Å². The molecule has 0 aliphatic carbocycles. The van der Waals surface area contributed by atoms with Crippen LogP contribution >= 0.6 is 0 Å². The van der Waals surface area contributed by atoms with E-state index in [9.17, 15) is 9.59 Å². The number of carbonyl (C=O) groups is 2. The third-order valence-electron chi connectivity index (χ3n) is 4.63. The Morgan fingerprint density at radius 2 is 1.40 bits per heavy atom. The predicted molar refractivity (Wildman–Crippen MR) is 98.4 cm³/mol. The number of nitrogens with two attached hydrogens (primary N) is 1. The van der Waals surface area contributed by atoms with Gasteiger partial charge in [-0.1, -0.05) is 36.4 Å². The van der Waals surface area contributed by atoms with Gasteiger partial charge in [0.1, 0.15) is 0 Å². The molecule has 0 aromatic heterocycles. The first-order valence-electron chi connectivity index (χ1n) is 8.60. The van der Waals surface area contributed by atoms with Gasteiger partial charge in [-0.2, -0.15) is 0 Å². The van der Waals surface area contributed by atoms with E-state index in [1.54, 1.807) is 4.90 Å². The van der Waals surface area contributed by atoms with Crippen LogP contribution in [-0.4, -0.2) is 36.3 Å². The van der Waals surface area contributed by atoms with Crippen molar-refractivity contribution in [1.29, 1.82) is 0 Å². The molecule has 1 aliphatic heterocycles. The molecule has 25 heavy (non-hydrogen) atoms. The molecule has 2 N–H and O–H groups in total. The molecule has 0 spiro atoms. The summed E-state index contributed by atoms with van der Waals surface area (Å²) in [4.78, 5) is 28.2. The van der Waals surface area contributed by atoms with E-state index in [1.807, 2.05) is 60.7 Å². The van der Waals surface area contributed by atoms with Crippen LogP contribution < -0.4 is 10.6 Å². The summed E-state index contributed by atoms with van der Waals surface area (Å²) in [7, 11) is 0. The molecular weight excluding hydrogens is 314 g/mol. The number of primary amides is 1. The topological polar surface area (TPSA) is 66.6 Å². The van der Waals surface area contributed by atoms with Crippen LogP contribution in [-0.2, 0) is 9.59 Å². The van der Waals surface area contributed by atoms with Gasteiger partial charge in [-0.15, -0.1) is 0 Å². The standard InChI is InChI=1S/C20H23N3O2/c21-20(25)16-11-13-22(14-12-16)15-19(24)23(17-7-3-1-4-8-17)18-9-5-2-6-10-18/h1-10,16H,11-15H2,(H2,21,25). The fraction of sp³-hybridized carbons (Fsp3) is 0.300. The lowest BCUT2D eigenvalue weighted by molar-refractivity contribution is -0.123. The Labute approximate surface area is 148 Å². The summed E-state index contributed by atoms with van der Waals surface area (Å²) in [6.07, 6.45) is 1.44. The molecule has 0 bridgehead atoms. The number of hydrogen-bond donors (Lipinski definition) is 1. The van der Waals surface area contributed by atoms with Gasteiger partial charge in [0, 0.05) is 17.3 Å². The summed E-state index contributed by atoms with van der Waals surface area (Å²) < 4.78 is 0. The van der Waals surface area contributed by atoms with Crippen molar-refractivity contribution in [1.82, 2.24) is 4.90 Å². The fourth-order valence-electron chi connectivity index (χ4n) is 3.23. The minimum atomic E-state index is -0.235. The number of anilines is 2. The fourth-order valence-corrected chi connectivity index (χ4v) is 3.23. The monoisotopic (exact) mass is 337 g/mol. The Balaban J connectivity index is 1.74. The molecule has 2 aromatic rings. The van der Waals surface area contributed by atoms with Gasteiger partial charge in [0.25, 0.3) is 0 Å². The molecule has 5 nitrogen and oxygen atoms in total. The molecule has 3 rings (SSSR count). The SMILES string of the molecule is NC(=O)C1CCN(CC(=O)N(c2ccccc2)c2ccccc2)CC1. The number of rotatable bonds is 5. The minimum Gasteiger partial charge on any atom is -0.369 e. The third kappa shape index (κ3) is 4.25. The van der Waals surface area contributed by atoms with Crippen molar-refractivity contribution in [2.75, 3.05) is 24.5 Å². The molecule has 1 saturated heterocycles. The van der Waals surface area contributed by atoms with E-state index in [0.29, 0.717) is 6.54 Å². The Hall–Kier alpha value is -2.66. The van der Waals surface area contributed by atoms with Crippen LogP contribution in [0.15, 0.2) is 60.7 Å². The van der Waals surface area contributed by atoms with Crippen molar-refractivity contribution in [2.45, 2.75) is 12.8 Å². The number of nitrogens with zero attached hydrogens (tertiary/aromatic N) is 2. The maximum Gasteiger partial charge on any atom is 0.245 e. The number of carbonyl (C=O) groups excluding carboxylic acids is 2. The van der Waals surface area contributed by atoms with Crippen LogP contribution in [0.2, 0.25) is 0 Å². The van der Waals surface area contributed by atoms with Crippen LogP contribution in [0, 0.1) is 5.92 Å². The number of hydrogen-bond acceptors (Lipinski definition) is 3. The van der Waals surface area contributed by atoms with E-state index < -0.39 is 0 Å². The van der Waals surface area contributed by atoms with Gasteiger partial charge in [0.05, 0.1) is 6.54 Å². The second kappa shape index (κ2) is 7.94. The minimum absolute atomic E-state index is 0.0231. The predicted octanol–water partition coefficient (Wildman–Crippen LogP) is 2.55. The first-order valence-corrected chi connectivity index (χ1v) is 8.60. The average Bonchev–Trinajstić information content (AvgIpc) is 2.64. The van der Waals surface area contributed by atoms with E-state index in [4.69, 9.17) is 5.73 Å². The number of piperidine rings is 1. The van der Waals surface area contributed by atoms with Gasteiger partial charge in [-0.3, -0.25) is 19.4 Å². The van der Waals surface area contributed by atoms with Gasteiger partial charge >= 0.3 is 0 Å². The first-order chi connectivity index (χ1) is 12.1. The van der Waals surface area contributed by atoms with Crippen LogP contribution in [0.1, 0.15) is 12.8 Å². The van der Waals surface area contributed by atoms with Gasteiger partial charge in [-0.25, -0.2) is 0 Å². The normalized spacial score (nSPS) is 15.7. The number of likely N-dealkylation sites (tertiary alicyclic amines) is 1. The maximum absolute atomic E-state index is 13.0. The molecule has 1 heterocycles. The molecule has 1 aliphatic rings. The lowest BCUT2D eigenvalue weighted by Crippen LogP contribution is -2.44. The molecule has 2 amide bonds. The molecule has 1 fully saturated rings. The van der Waals surface area contributed by atoms with Crippen molar-refractivity contribution < 1.29 is 9.59 Å². The summed E-state index contributed by atoms with van der Waals surface area (Å²) in [6, 6.07) is 19.3. The quantitative estimate of drug-likeness (QED) is 0.912. The van der Waals surface area contributed by atoms with E-state index >= 15 is 0 Å². The van der Waals surface area contributed by atoms with E-state index in [2.05, 4.69) is 4.90 Å². The zero-order valence-electron chi connectivity index (χ0n) is 14.2. The molecule has 0 radical (unpaired) electrons. The van der Waals surface area contributed by atoms with Crippen LogP contribution in [0.25, 0.3) is 0 Å². The van der Waals surface area contributed by atoms with Crippen LogP contribution in [0.3, 0.4) is 0 Å². The molecule has 0 atom stereocenters. The molecule has 0 saturated carbocycles. The average molecular weight is 337 g/mol. The smallest absolute Gasteiger partial charge is 0.245 e. The largest absolute Gasteiger partial charge is 0.369 e. The zero-order chi connectivity index (χ0) is 17.6. The van der Waals surface area contributed by atoms with E-state index in [-0.39, 0.29) is 17.7 Å². The Morgan fingerprint density at radius 3 is 1.84 bits per heavy atom. The number of para-hydroxylation sites is 2. The summed E-state index contributed by atoms with van der Waals surface area (Å²) in [5, 5.41) is 0. The highest BCUT2D eigenvalue weighted by Gasteiger charge is 2.26. The molecule has 130 valence electrons. The van der Waals surface area contributed by atoms with Gasteiger partial charge in [0.15, 0.2) is 0 Å². The third-order valence-corrected chi connectivity index (χ3v) is 4.63. The van der Waals surface area contributed by atoms with Crippen molar-refractivity contribution in [3.05, 3.63) is 60.7 Å². The van der Waals surface area contributed by atoms with E-state index in [1.165, 1.54) is 0 Å². The summed E-state index contributed by atoms with van der Waals surface area (Å²) in [6.45, 7) is 1.77. The molecule has 0 unspecified atom stereocenters. The Morgan fingerprint density at radius 1 is 0.920 bits per heavy atom. The summed E-state index contributed by atoms with van der Waals surface area (Å²) in [5.74, 6) is -0.276. The molecule has 2 aromatic carbocycles. The first kappa shape index (κ1) is 17.2. The molecular formula is C20H23N3O2. The van der Waals surface area contributed by atoms with Crippen LogP contribution in [0.5, 0.6) is 0 Å². The van der Waals surface area contributed by atoms with Crippen molar-refractivity contribution in [2.24, 2.45) is 11.7 Å². The Kier molecular flexibility index (Phi) is 5.46. The lowest BCUT2D eigenvalue weighted by Gasteiger charge is -2.32. The number of benzene rings is 2. The lowest BCUT2D eigenvalue weighted by atomic mass is 9.96. The van der Waals surface area contributed by atoms with Crippen molar-refractivity contribution >= 4 is 23.2 Å². The molecule has 5 heteroatoms. The second-order valence-electron chi connectivity index (χ2n) is 6.35. The highest BCUT2D eigenvalue weighted by atomic mass is 16.2. The van der Waals surface area contributed by atoms with Crippen molar-refractivity contribution in [3.8, 4) is 0 Å². The van der Waals surface area contributed by atoms with Gasteiger partial charge < -0.3 is 5.73 Å². The van der Waals surface area contributed by atoms with Gasteiger partial charge in [-0.05, 0) is 50.2 Å².